The van der Waals surface area contributed by atoms with Crippen LogP contribution in [0.1, 0.15) is 23.0 Å². The number of carbonyl (C=O) groups is 1. The molecule has 1 aromatic heterocycles. The SMILES string of the molecule is CCc1ccccc1NC(=O)c1nn(C)c2ccc(Cl)cc2c1=O. The monoisotopic (exact) mass is 341 g/mol. The van der Waals surface area contributed by atoms with E-state index >= 15 is 0 Å². The van der Waals surface area contributed by atoms with Crippen LogP contribution >= 0.6 is 11.6 Å². The number of hydrogen-bond donors (Lipinski definition) is 1. The first-order valence-corrected chi connectivity index (χ1v) is 7.95. The van der Waals surface area contributed by atoms with Gasteiger partial charge in [-0.25, -0.2) is 0 Å². The van der Waals surface area contributed by atoms with E-state index < -0.39 is 11.3 Å². The molecular formula is C18H16ClN3O2. The fourth-order valence-electron chi connectivity index (χ4n) is 2.63. The number of para-hydroxylation sites is 1. The maximum atomic E-state index is 12.6. The van der Waals surface area contributed by atoms with Gasteiger partial charge in [-0.1, -0.05) is 36.7 Å². The Bertz CT molecular complexity index is 995. The Morgan fingerprint density at radius 2 is 2.00 bits per heavy atom. The minimum atomic E-state index is -0.529. The summed E-state index contributed by atoms with van der Waals surface area (Å²) in [7, 11) is 1.69. The Morgan fingerprint density at radius 1 is 1.25 bits per heavy atom. The van der Waals surface area contributed by atoms with E-state index in [1.807, 2.05) is 25.1 Å². The van der Waals surface area contributed by atoms with Gasteiger partial charge in [-0.15, -0.1) is 0 Å². The molecule has 0 aliphatic heterocycles. The predicted octanol–water partition coefficient (Wildman–Crippen LogP) is 3.40. The highest BCUT2D eigenvalue weighted by Gasteiger charge is 2.17. The van der Waals surface area contributed by atoms with Gasteiger partial charge in [0.2, 0.25) is 5.43 Å². The normalized spacial score (nSPS) is 10.8. The molecule has 0 radical (unpaired) electrons. The largest absolute Gasteiger partial charge is 0.320 e. The summed E-state index contributed by atoms with van der Waals surface area (Å²) in [4.78, 5) is 25.2. The van der Waals surface area contributed by atoms with E-state index in [-0.39, 0.29) is 5.69 Å². The smallest absolute Gasteiger partial charge is 0.280 e. The summed E-state index contributed by atoms with van der Waals surface area (Å²) in [5.41, 5.74) is 1.71. The van der Waals surface area contributed by atoms with Crippen molar-refractivity contribution in [1.82, 2.24) is 9.78 Å². The van der Waals surface area contributed by atoms with Crippen LogP contribution in [-0.4, -0.2) is 15.7 Å². The lowest BCUT2D eigenvalue weighted by Crippen LogP contribution is -2.26. The number of amides is 1. The van der Waals surface area contributed by atoms with Crippen LogP contribution in [0.25, 0.3) is 10.9 Å². The summed E-state index contributed by atoms with van der Waals surface area (Å²) in [6.45, 7) is 2.00. The Balaban J connectivity index is 2.07. The van der Waals surface area contributed by atoms with Crippen molar-refractivity contribution < 1.29 is 4.79 Å². The molecule has 1 heterocycles. The van der Waals surface area contributed by atoms with Crippen molar-refractivity contribution in [2.45, 2.75) is 13.3 Å². The van der Waals surface area contributed by atoms with E-state index in [0.29, 0.717) is 21.6 Å². The van der Waals surface area contributed by atoms with Gasteiger partial charge in [0.15, 0.2) is 5.69 Å². The highest BCUT2D eigenvalue weighted by molar-refractivity contribution is 6.31. The van der Waals surface area contributed by atoms with Crippen LogP contribution in [0, 0.1) is 0 Å². The number of carbonyl (C=O) groups excluding carboxylic acids is 1. The van der Waals surface area contributed by atoms with E-state index in [0.717, 1.165) is 12.0 Å². The molecule has 2 aromatic carbocycles. The standard InChI is InChI=1S/C18H16ClN3O2/c1-3-11-6-4-5-7-14(11)20-18(24)16-17(23)13-10-12(19)8-9-15(13)22(2)21-16/h4-10H,3H2,1-2H3,(H,20,24). The highest BCUT2D eigenvalue weighted by atomic mass is 35.5. The molecule has 6 heteroatoms. The number of aromatic nitrogens is 2. The third kappa shape index (κ3) is 2.90. The van der Waals surface area contributed by atoms with Gasteiger partial charge in [-0.2, -0.15) is 5.10 Å². The minimum absolute atomic E-state index is 0.154. The maximum absolute atomic E-state index is 12.6. The lowest BCUT2D eigenvalue weighted by atomic mass is 10.1. The van der Waals surface area contributed by atoms with E-state index in [2.05, 4.69) is 10.4 Å². The second-order valence-corrected chi connectivity index (χ2v) is 5.86. The molecule has 3 aromatic rings. The van der Waals surface area contributed by atoms with Crippen LogP contribution in [-0.2, 0) is 13.5 Å². The number of nitrogens with zero attached hydrogens (tertiary/aromatic N) is 2. The third-order valence-electron chi connectivity index (χ3n) is 3.88. The lowest BCUT2D eigenvalue weighted by molar-refractivity contribution is 0.101. The fourth-order valence-corrected chi connectivity index (χ4v) is 2.80. The lowest BCUT2D eigenvalue weighted by Gasteiger charge is -2.11. The molecular weight excluding hydrogens is 326 g/mol. The predicted molar refractivity (Wildman–Crippen MR) is 95.8 cm³/mol. The molecule has 122 valence electrons. The summed E-state index contributed by atoms with van der Waals surface area (Å²) in [5.74, 6) is -0.529. The summed E-state index contributed by atoms with van der Waals surface area (Å²) < 4.78 is 1.51. The number of hydrogen-bond acceptors (Lipinski definition) is 3. The van der Waals surface area contributed by atoms with Crippen LogP contribution in [0.15, 0.2) is 47.3 Å². The molecule has 0 spiro atoms. The number of fused-ring (bicyclic) bond motifs is 1. The van der Waals surface area contributed by atoms with Crippen molar-refractivity contribution >= 4 is 34.1 Å². The van der Waals surface area contributed by atoms with Crippen molar-refractivity contribution in [2.75, 3.05) is 5.32 Å². The number of halogens is 1. The van der Waals surface area contributed by atoms with Gasteiger partial charge in [0.25, 0.3) is 5.91 Å². The average Bonchev–Trinajstić information content (AvgIpc) is 2.58. The molecule has 0 atom stereocenters. The Hall–Kier alpha value is -2.66. The average molecular weight is 342 g/mol. The summed E-state index contributed by atoms with van der Waals surface area (Å²) in [6.07, 6.45) is 0.773. The van der Waals surface area contributed by atoms with E-state index in [1.165, 1.54) is 4.68 Å². The van der Waals surface area contributed by atoms with Crippen LogP contribution in [0.2, 0.25) is 5.02 Å². The summed E-state index contributed by atoms with van der Waals surface area (Å²) in [6, 6.07) is 12.4. The number of nitrogens with one attached hydrogen (secondary N) is 1. The quantitative estimate of drug-likeness (QED) is 0.794. The minimum Gasteiger partial charge on any atom is -0.320 e. The van der Waals surface area contributed by atoms with Gasteiger partial charge in [-0.05, 0) is 36.2 Å². The first-order valence-electron chi connectivity index (χ1n) is 7.57. The molecule has 1 amide bonds. The van der Waals surface area contributed by atoms with E-state index in [1.54, 1.807) is 31.3 Å². The van der Waals surface area contributed by atoms with E-state index in [4.69, 9.17) is 11.6 Å². The second kappa shape index (κ2) is 6.45. The molecule has 0 fully saturated rings. The molecule has 0 unspecified atom stereocenters. The highest BCUT2D eigenvalue weighted by Crippen LogP contribution is 2.18. The second-order valence-electron chi connectivity index (χ2n) is 5.43. The fraction of sp³-hybridized carbons (Fsp3) is 0.167. The van der Waals surface area contributed by atoms with Crippen molar-refractivity contribution in [3.63, 3.8) is 0 Å². The number of aryl methyl sites for hydroxylation is 2. The molecule has 24 heavy (non-hydrogen) atoms. The van der Waals surface area contributed by atoms with Gasteiger partial charge < -0.3 is 5.32 Å². The van der Waals surface area contributed by atoms with Gasteiger partial charge in [-0.3, -0.25) is 14.3 Å². The molecule has 0 saturated carbocycles. The molecule has 3 rings (SSSR count). The van der Waals surface area contributed by atoms with Gasteiger partial charge in [0, 0.05) is 17.8 Å². The van der Waals surface area contributed by atoms with Crippen LogP contribution in [0.3, 0.4) is 0 Å². The Kier molecular flexibility index (Phi) is 4.36. The molecule has 0 saturated heterocycles. The number of anilines is 1. The summed E-state index contributed by atoms with van der Waals surface area (Å²) >= 11 is 5.98. The molecule has 5 nitrogen and oxygen atoms in total. The van der Waals surface area contributed by atoms with Gasteiger partial charge in [0.1, 0.15) is 0 Å². The molecule has 1 N–H and O–H groups in total. The molecule has 0 aliphatic carbocycles. The zero-order chi connectivity index (χ0) is 17.3. The first-order chi connectivity index (χ1) is 11.5. The molecule has 0 aliphatic rings. The van der Waals surface area contributed by atoms with Crippen LogP contribution < -0.4 is 10.7 Å². The Labute approximate surface area is 143 Å². The summed E-state index contributed by atoms with van der Waals surface area (Å²) in [5, 5.41) is 7.72. The van der Waals surface area contributed by atoms with Crippen molar-refractivity contribution in [3.05, 3.63) is 69.0 Å². The van der Waals surface area contributed by atoms with Gasteiger partial charge in [0.05, 0.1) is 10.9 Å². The first kappa shape index (κ1) is 16.2. The van der Waals surface area contributed by atoms with Crippen molar-refractivity contribution in [2.24, 2.45) is 7.05 Å². The number of rotatable bonds is 3. The van der Waals surface area contributed by atoms with E-state index in [9.17, 15) is 9.59 Å². The van der Waals surface area contributed by atoms with Crippen molar-refractivity contribution in [3.8, 4) is 0 Å². The molecule has 0 bridgehead atoms. The Morgan fingerprint density at radius 3 is 2.75 bits per heavy atom. The zero-order valence-electron chi connectivity index (χ0n) is 13.3. The topological polar surface area (TPSA) is 64.0 Å². The number of benzene rings is 2. The van der Waals surface area contributed by atoms with Crippen LogP contribution in [0.5, 0.6) is 0 Å². The van der Waals surface area contributed by atoms with Crippen LogP contribution in [0.4, 0.5) is 5.69 Å². The third-order valence-corrected chi connectivity index (χ3v) is 4.11. The van der Waals surface area contributed by atoms with Crippen molar-refractivity contribution in [1.29, 1.82) is 0 Å². The van der Waals surface area contributed by atoms with Gasteiger partial charge >= 0.3 is 0 Å². The maximum Gasteiger partial charge on any atom is 0.280 e. The zero-order valence-corrected chi connectivity index (χ0v) is 14.1.